The third-order valence-electron chi connectivity index (χ3n) is 6.41. The lowest BCUT2D eigenvalue weighted by atomic mass is 10.0. The first-order chi connectivity index (χ1) is 18.5. The number of halogens is 2. The number of sulfone groups is 1. The van der Waals surface area contributed by atoms with E-state index in [1.165, 1.54) is 6.07 Å². The minimum atomic E-state index is -3.65. The zero-order chi connectivity index (χ0) is 27.9. The maximum absolute atomic E-state index is 12.5. The van der Waals surface area contributed by atoms with Gasteiger partial charge in [0.05, 0.1) is 40.5 Å². The van der Waals surface area contributed by atoms with E-state index in [-0.39, 0.29) is 15.5 Å². The van der Waals surface area contributed by atoms with Crippen LogP contribution in [0.4, 0.5) is 0 Å². The van der Waals surface area contributed by atoms with Gasteiger partial charge in [0.25, 0.3) is 0 Å². The van der Waals surface area contributed by atoms with Gasteiger partial charge in [-0.25, -0.2) is 18.1 Å². The zero-order valence-electron chi connectivity index (χ0n) is 21.4. The number of rotatable bonds is 7. The van der Waals surface area contributed by atoms with Gasteiger partial charge >= 0.3 is 0 Å². The molecule has 5 aromatic rings. The fraction of sp³-hybridized carbons (Fsp3) is 0.179. The van der Waals surface area contributed by atoms with E-state index in [0.717, 1.165) is 34.7 Å². The van der Waals surface area contributed by atoms with E-state index < -0.39 is 16.4 Å². The van der Waals surface area contributed by atoms with E-state index in [1.54, 1.807) is 16.9 Å². The predicted octanol–water partition coefficient (Wildman–Crippen LogP) is 5.53. The summed E-state index contributed by atoms with van der Waals surface area (Å²) in [5, 5.41) is 19.2. The summed E-state index contributed by atoms with van der Waals surface area (Å²) in [6.45, 7) is 3.36. The molecule has 2 aromatic heterocycles. The number of hydrogen-bond acceptors (Lipinski definition) is 6. The molecule has 0 spiro atoms. The van der Waals surface area contributed by atoms with Gasteiger partial charge in [-0.05, 0) is 66.9 Å². The van der Waals surface area contributed by atoms with Gasteiger partial charge in [-0.15, -0.1) is 5.10 Å². The number of imidazole rings is 1. The lowest BCUT2D eigenvalue weighted by Gasteiger charge is -2.17. The second-order valence-electron chi connectivity index (χ2n) is 9.31. The Balaban J connectivity index is 1.71. The van der Waals surface area contributed by atoms with E-state index in [1.807, 2.05) is 67.1 Å². The summed E-state index contributed by atoms with van der Waals surface area (Å²) in [5.41, 5.74) is 5.69. The highest BCUT2D eigenvalue weighted by molar-refractivity contribution is 7.90. The molecule has 0 aliphatic heterocycles. The minimum absolute atomic E-state index is 0.0124. The quantitative estimate of drug-likeness (QED) is 0.271. The van der Waals surface area contributed by atoms with Gasteiger partial charge in [0.15, 0.2) is 9.84 Å². The highest BCUT2D eigenvalue weighted by Gasteiger charge is 2.20. The largest absolute Gasteiger partial charge is 0.392 e. The highest BCUT2D eigenvalue weighted by atomic mass is 35.5. The summed E-state index contributed by atoms with van der Waals surface area (Å²) < 4.78 is 28.8. The van der Waals surface area contributed by atoms with Crippen LogP contribution in [-0.2, 0) is 22.9 Å². The van der Waals surface area contributed by atoms with Gasteiger partial charge in [0.1, 0.15) is 5.82 Å². The molecule has 0 unspecified atom stereocenters. The summed E-state index contributed by atoms with van der Waals surface area (Å²) in [7, 11) is -3.65. The molecule has 3 aromatic carbocycles. The summed E-state index contributed by atoms with van der Waals surface area (Å²) in [6.07, 6.45) is 5.28. The van der Waals surface area contributed by atoms with Crippen LogP contribution in [0.15, 0.2) is 71.9 Å². The van der Waals surface area contributed by atoms with Crippen molar-refractivity contribution >= 4 is 33.0 Å². The first-order valence-electron chi connectivity index (χ1n) is 12.0. The molecule has 5 rings (SSSR count). The fourth-order valence-corrected chi connectivity index (χ4v) is 6.15. The molecule has 0 fully saturated rings. The monoisotopic (exact) mass is 581 g/mol. The van der Waals surface area contributed by atoms with Crippen LogP contribution >= 0.6 is 23.2 Å². The van der Waals surface area contributed by atoms with Gasteiger partial charge in [0, 0.05) is 34.5 Å². The Hall–Kier alpha value is -3.50. The van der Waals surface area contributed by atoms with Crippen molar-refractivity contribution in [3.8, 4) is 22.5 Å². The Morgan fingerprint density at radius 3 is 2.44 bits per heavy atom. The number of nitrogens with zero attached hydrogens (tertiary/aromatic N) is 5. The first-order valence-corrected chi connectivity index (χ1v) is 14.6. The Bertz CT molecular complexity index is 1810. The van der Waals surface area contributed by atoms with Crippen molar-refractivity contribution in [3.05, 3.63) is 105 Å². The molecular formula is C28H25Cl2N5O3S. The first kappa shape index (κ1) is 27.1. The Labute approximate surface area is 236 Å². The lowest BCUT2D eigenvalue weighted by Crippen LogP contribution is -2.09. The van der Waals surface area contributed by atoms with E-state index in [0.29, 0.717) is 28.3 Å². The molecule has 0 radical (unpaired) electrons. The van der Waals surface area contributed by atoms with Crippen LogP contribution in [-0.4, -0.2) is 44.3 Å². The van der Waals surface area contributed by atoms with Gasteiger partial charge in [-0.1, -0.05) is 46.6 Å². The summed E-state index contributed by atoms with van der Waals surface area (Å²) in [5.74, 6) is 0.799. The number of aryl methyl sites for hydroxylation is 2. The standard InChI is InChI=1S/C28H25Cl2N5O3S/c1-17-15-34(18(2)32-17)26-8-7-20(21-11-25(30)24(16-36)28(13-21)39(3,37)38)12-27(26)35-23(14-31-33-35)10-19-5-4-6-22(29)9-19/h4-9,11-15,36H,10,16H2,1-3H3. The van der Waals surface area contributed by atoms with Crippen molar-refractivity contribution < 1.29 is 13.5 Å². The third-order valence-corrected chi connectivity index (χ3v) is 8.14. The van der Waals surface area contributed by atoms with Crippen molar-refractivity contribution in [2.45, 2.75) is 31.8 Å². The average molecular weight is 583 g/mol. The third kappa shape index (κ3) is 5.49. The van der Waals surface area contributed by atoms with Gasteiger partial charge in [-0.3, -0.25) is 0 Å². The van der Waals surface area contributed by atoms with E-state index in [2.05, 4.69) is 15.3 Å². The maximum atomic E-state index is 12.5. The summed E-state index contributed by atoms with van der Waals surface area (Å²) >= 11 is 12.7. The molecule has 11 heteroatoms. The highest BCUT2D eigenvalue weighted by Crippen LogP contribution is 2.34. The predicted molar refractivity (Wildman–Crippen MR) is 152 cm³/mol. The molecule has 0 atom stereocenters. The smallest absolute Gasteiger partial charge is 0.175 e. The number of hydrogen-bond donors (Lipinski definition) is 1. The molecule has 0 aliphatic carbocycles. The van der Waals surface area contributed by atoms with Crippen LogP contribution in [0, 0.1) is 13.8 Å². The Kier molecular flexibility index (Phi) is 7.35. The molecule has 0 aliphatic rings. The number of aromatic nitrogens is 5. The van der Waals surface area contributed by atoms with Gasteiger partial charge in [0.2, 0.25) is 0 Å². The molecule has 8 nitrogen and oxygen atoms in total. The Morgan fingerprint density at radius 1 is 0.974 bits per heavy atom. The van der Waals surface area contributed by atoms with Crippen molar-refractivity contribution in [1.29, 1.82) is 0 Å². The minimum Gasteiger partial charge on any atom is -0.392 e. The molecule has 39 heavy (non-hydrogen) atoms. The van der Waals surface area contributed by atoms with Crippen LogP contribution in [0.1, 0.15) is 28.3 Å². The molecule has 0 saturated heterocycles. The number of aliphatic hydroxyl groups excluding tert-OH is 1. The molecule has 200 valence electrons. The normalized spacial score (nSPS) is 11.7. The van der Waals surface area contributed by atoms with E-state index in [4.69, 9.17) is 23.2 Å². The van der Waals surface area contributed by atoms with Crippen molar-refractivity contribution in [2.75, 3.05) is 6.26 Å². The van der Waals surface area contributed by atoms with Crippen LogP contribution < -0.4 is 0 Å². The molecule has 2 heterocycles. The number of benzene rings is 3. The zero-order valence-corrected chi connectivity index (χ0v) is 23.8. The SMILES string of the molecule is Cc1cn(-c2ccc(-c3cc(Cl)c(CO)c(S(C)(=O)=O)c3)cc2-n2nncc2Cc2cccc(Cl)c2)c(C)n1. The van der Waals surface area contributed by atoms with Crippen LogP contribution in [0.5, 0.6) is 0 Å². The van der Waals surface area contributed by atoms with Crippen LogP contribution in [0.25, 0.3) is 22.5 Å². The molecular weight excluding hydrogens is 557 g/mol. The van der Waals surface area contributed by atoms with Crippen LogP contribution in [0.2, 0.25) is 10.0 Å². The van der Waals surface area contributed by atoms with Gasteiger partial charge in [-0.2, -0.15) is 0 Å². The number of aliphatic hydroxyl groups is 1. The van der Waals surface area contributed by atoms with Crippen molar-refractivity contribution in [3.63, 3.8) is 0 Å². The second-order valence-corrected chi connectivity index (χ2v) is 12.1. The summed E-state index contributed by atoms with van der Waals surface area (Å²) in [6, 6.07) is 16.5. The average Bonchev–Trinajstić information content (AvgIpc) is 3.47. The fourth-order valence-electron chi connectivity index (χ4n) is 4.64. The molecule has 0 bridgehead atoms. The lowest BCUT2D eigenvalue weighted by molar-refractivity contribution is 0.278. The Morgan fingerprint density at radius 2 is 1.77 bits per heavy atom. The van der Waals surface area contributed by atoms with Crippen molar-refractivity contribution in [2.24, 2.45) is 0 Å². The molecule has 0 saturated carbocycles. The summed E-state index contributed by atoms with van der Waals surface area (Å²) in [4.78, 5) is 4.54. The topological polar surface area (TPSA) is 103 Å². The van der Waals surface area contributed by atoms with E-state index in [9.17, 15) is 13.5 Å². The molecule has 0 amide bonds. The maximum Gasteiger partial charge on any atom is 0.175 e. The van der Waals surface area contributed by atoms with Crippen LogP contribution in [0.3, 0.4) is 0 Å². The second kappa shape index (κ2) is 10.6. The van der Waals surface area contributed by atoms with E-state index >= 15 is 0 Å². The van der Waals surface area contributed by atoms with Gasteiger partial charge < -0.3 is 9.67 Å². The molecule has 1 N–H and O–H groups in total. The van der Waals surface area contributed by atoms with Crippen molar-refractivity contribution in [1.82, 2.24) is 24.5 Å².